The van der Waals surface area contributed by atoms with Gasteiger partial charge >= 0.3 is 0 Å². The Labute approximate surface area is 134 Å². The maximum atomic E-state index is 3.75. The maximum Gasteiger partial charge on any atom is 0.0112 e. The first kappa shape index (κ1) is 17.0. The number of rotatable bonds is 7. The lowest BCUT2D eigenvalue weighted by Gasteiger charge is -2.42. The van der Waals surface area contributed by atoms with Crippen molar-refractivity contribution in [2.75, 3.05) is 26.7 Å². The van der Waals surface area contributed by atoms with Crippen molar-refractivity contribution >= 4 is 11.3 Å². The summed E-state index contributed by atoms with van der Waals surface area (Å²) >= 11 is 1.88. The van der Waals surface area contributed by atoms with Crippen LogP contribution in [-0.4, -0.2) is 37.6 Å². The van der Waals surface area contributed by atoms with E-state index in [-0.39, 0.29) is 0 Å². The molecule has 0 radical (unpaired) electrons. The first-order valence-electron chi connectivity index (χ1n) is 8.54. The summed E-state index contributed by atoms with van der Waals surface area (Å²) in [6.45, 7) is 10.6. The molecule has 1 aliphatic carbocycles. The smallest absolute Gasteiger partial charge is 0.0112 e. The minimum absolute atomic E-state index is 0.706. The molecule has 2 rings (SSSR count). The van der Waals surface area contributed by atoms with Crippen LogP contribution in [0.2, 0.25) is 0 Å². The van der Waals surface area contributed by atoms with Crippen LogP contribution >= 0.6 is 11.3 Å². The molecule has 0 bridgehead atoms. The molecule has 0 aliphatic heterocycles. The minimum atomic E-state index is 0.706. The van der Waals surface area contributed by atoms with Crippen LogP contribution in [0.1, 0.15) is 38.5 Å². The van der Waals surface area contributed by atoms with E-state index >= 15 is 0 Å². The fraction of sp³-hybridized carbons (Fsp3) is 0.778. The molecule has 0 amide bonds. The summed E-state index contributed by atoms with van der Waals surface area (Å²) in [4.78, 5) is 4.05. The average Bonchev–Trinajstić information content (AvgIpc) is 2.94. The summed E-state index contributed by atoms with van der Waals surface area (Å²) in [6, 6.07) is 5.12. The molecule has 4 unspecified atom stereocenters. The van der Waals surface area contributed by atoms with E-state index in [1.807, 2.05) is 11.3 Å². The number of nitrogens with zero attached hydrogens (tertiary/aromatic N) is 1. The number of hydrogen-bond acceptors (Lipinski definition) is 3. The number of thiophene rings is 1. The van der Waals surface area contributed by atoms with E-state index in [2.05, 4.69) is 55.5 Å². The monoisotopic (exact) mass is 308 g/mol. The van der Waals surface area contributed by atoms with Gasteiger partial charge in [-0.2, -0.15) is 0 Å². The minimum Gasteiger partial charge on any atom is -0.314 e. The molecule has 3 heteroatoms. The summed E-state index contributed by atoms with van der Waals surface area (Å²) in [7, 11) is 2.29. The highest BCUT2D eigenvalue weighted by molar-refractivity contribution is 7.09. The molecule has 4 atom stereocenters. The van der Waals surface area contributed by atoms with Gasteiger partial charge in [0.1, 0.15) is 0 Å². The molecule has 2 nitrogen and oxygen atoms in total. The van der Waals surface area contributed by atoms with Crippen molar-refractivity contribution in [3.05, 3.63) is 22.4 Å². The number of nitrogens with one attached hydrogen (secondary N) is 1. The van der Waals surface area contributed by atoms with E-state index in [0.717, 1.165) is 24.3 Å². The van der Waals surface area contributed by atoms with Crippen LogP contribution in [0.4, 0.5) is 0 Å². The van der Waals surface area contributed by atoms with Gasteiger partial charge in [0.05, 0.1) is 0 Å². The van der Waals surface area contributed by atoms with Crippen LogP contribution in [0, 0.1) is 17.8 Å². The third-order valence-corrected chi connectivity index (χ3v) is 5.92. The molecule has 0 aromatic carbocycles. The first-order chi connectivity index (χ1) is 10.1. The Balaban J connectivity index is 1.85. The van der Waals surface area contributed by atoms with Crippen molar-refractivity contribution in [2.45, 2.75) is 46.1 Å². The Kier molecular flexibility index (Phi) is 6.72. The fourth-order valence-electron chi connectivity index (χ4n) is 3.92. The van der Waals surface area contributed by atoms with Gasteiger partial charge in [-0.15, -0.1) is 11.3 Å². The Bertz CT molecular complexity index is 390. The lowest BCUT2D eigenvalue weighted by Crippen LogP contribution is -2.48. The molecule has 1 aromatic heterocycles. The van der Waals surface area contributed by atoms with Gasteiger partial charge in [-0.1, -0.05) is 26.8 Å². The summed E-state index contributed by atoms with van der Waals surface area (Å²) in [6.07, 6.45) is 3.94. The van der Waals surface area contributed by atoms with Crippen LogP contribution in [0.5, 0.6) is 0 Å². The Hall–Kier alpha value is -0.380. The van der Waals surface area contributed by atoms with Crippen LogP contribution in [0.3, 0.4) is 0 Å². The Morgan fingerprint density at radius 2 is 2.14 bits per heavy atom. The van der Waals surface area contributed by atoms with Crippen molar-refractivity contribution in [1.29, 1.82) is 0 Å². The maximum absolute atomic E-state index is 3.75. The lowest BCUT2D eigenvalue weighted by atomic mass is 9.72. The van der Waals surface area contributed by atoms with Crippen molar-refractivity contribution in [2.24, 2.45) is 17.8 Å². The SMILES string of the molecule is CCNC1CC(C)CC(C)C1CN(C)CCc1cccs1. The van der Waals surface area contributed by atoms with Crippen molar-refractivity contribution in [3.8, 4) is 0 Å². The van der Waals surface area contributed by atoms with Gasteiger partial charge in [0, 0.05) is 24.0 Å². The van der Waals surface area contributed by atoms with Crippen LogP contribution in [0.25, 0.3) is 0 Å². The first-order valence-corrected chi connectivity index (χ1v) is 9.42. The molecule has 0 saturated heterocycles. The van der Waals surface area contributed by atoms with E-state index in [9.17, 15) is 0 Å². The topological polar surface area (TPSA) is 15.3 Å². The quantitative estimate of drug-likeness (QED) is 0.822. The van der Waals surface area contributed by atoms with Crippen LogP contribution in [0.15, 0.2) is 17.5 Å². The second kappa shape index (κ2) is 8.30. The summed E-state index contributed by atoms with van der Waals surface area (Å²) < 4.78 is 0. The third-order valence-electron chi connectivity index (χ3n) is 4.99. The van der Waals surface area contributed by atoms with E-state index in [4.69, 9.17) is 0 Å². The van der Waals surface area contributed by atoms with Gasteiger partial charge in [0.25, 0.3) is 0 Å². The molecule has 1 saturated carbocycles. The molecule has 1 heterocycles. The predicted molar refractivity (Wildman–Crippen MR) is 94.0 cm³/mol. The number of hydrogen-bond donors (Lipinski definition) is 1. The zero-order chi connectivity index (χ0) is 15.2. The van der Waals surface area contributed by atoms with Crippen molar-refractivity contribution in [1.82, 2.24) is 10.2 Å². The molecule has 1 fully saturated rings. The summed E-state index contributed by atoms with van der Waals surface area (Å²) in [5.41, 5.74) is 0. The highest BCUT2D eigenvalue weighted by atomic mass is 32.1. The summed E-state index contributed by atoms with van der Waals surface area (Å²) in [5, 5.41) is 5.93. The molecule has 1 aromatic rings. The third kappa shape index (κ3) is 5.08. The van der Waals surface area contributed by atoms with Gasteiger partial charge in [-0.05, 0) is 62.1 Å². The zero-order valence-corrected chi connectivity index (χ0v) is 15.0. The van der Waals surface area contributed by atoms with Crippen molar-refractivity contribution in [3.63, 3.8) is 0 Å². The van der Waals surface area contributed by atoms with Gasteiger partial charge in [0.15, 0.2) is 0 Å². The fourth-order valence-corrected chi connectivity index (χ4v) is 4.62. The van der Waals surface area contributed by atoms with E-state index in [1.54, 1.807) is 0 Å². The van der Waals surface area contributed by atoms with Gasteiger partial charge in [-0.3, -0.25) is 0 Å². The second-order valence-corrected chi connectivity index (χ2v) is 8.01. The van der Waals surface area contributed by atoms with Crippen LogP contribution < -0.4 is 5.32 Å². The van der Waals surface area contributed by atoms with E-state index < -0.39 is 0 Å². The standard InChI is InChI=1S/C18H32N2S/c1-5-19-18-12-14(2)11-15(3)17(18)13-20(4)9-8-16-7-6-10-21-16/h6-7,10,14-15,17-19H,5,8-9,11-13H2,1-4H3. The molecule has 1 aliphatic rings. The molecule has 21 heavy (non-hydrogen) atoms. The Morgan fingerprint density at radius 3 is 2.81 bits per heavy atom. The highest BCUT2D eigenvalue weighted by Gasteiger charge is 2.33. The largest absolute Gasteiger partial charge is 0.314 e. The predicted octanol–water partition coefficient (Wildman–Crippen LogP) is 3.88. The van der Waals surface area contributed by atoms with Crippen molar-refractivity contribution < 1.29 is 0 Å². The molecule has 0 spiro atoms. The normalized spacial score (nSPS) is 30.0. The molecular formula is C18H32N2S. The zero-order valence-electron chi connectivity index (χ0n) is 14.1. The van der Waals surface area contributed by atoms with Gasteiger partial charge in [-0.25, -0.2) is 0 Å². The van der Waals surface area contributed by atoms with Gasteiger partial charge < -0.3 is 10.2 Å². The molecular weight excluding hydrogens is 276 g/mol. The highest BCUT2D eigenvalue weighted by Crippen LogP contribution is 2.34. The molecule has 120 valence electrons. The second-order valence-electron chi connectivity index (χ2n) is 6.97. The Morgan fingerprint density at radius 1 is 1.33 bits per heavy atom. The molecule has 1 N–H and O–H groups in total. The van der Waals surface area contributed by atoms with Crippen LogP contribution in [-0.2, 0) is 6.42 Å². The average molecular weight is 309 g/mol. The number of likely N-dealkylation sites (N-methyl/N-ethyl adjacent to an activating group) is 1. The lowest BCUT2D eigenvalue weighted by molar-refractivity contribution is 0.113. The van der Waals surface area contributed by atoms with E-state index in [1.165, 1.54) is 37.2 Å². The van der Waals surface area contributed by atoms with Gasteiger partial charge in [0.2, 0.25) is 0 Å². The summed E-state index contributed by atoms with van der Waals surface area (Å²) in [5.74, 6) is 2.51. The van der Waals surface area contributed by atoms with E-state index in [0.29, 0.717) is 6.04 Å².